The molecule has 0 saturated heterocycles. The fourth-order valence-electron chi connectivity index (χ4n) is 2.17. The topological polar surface area (TPSA) is 0 Å². The Hall–Kier alpha value is 3.24. The van der Waals surface area contributed by atoms with Crippen molar-refractivity contribution in [2.45, 2.75) is 9.70 Å². The first-order valence-electron chi connectivity index (χ1n) is 6.38. The zero-order valence-electron chi connectivity index (χ0n) is 11.7. The Labute approximate surface area is 230 Å². The Morgan fingerprint density at radius 1 is 0.640 bits per heavy atom. The molecular formula is C15H6Br10. The van der Waals surface area contributed by atoms with E-state index in [2.05, 4.69) is 171 Å². The summed E-state index contributed by atoms with van der Waals surface area (Å²) in [6, 6.07) is 12.1. The number of alkyl halides is 6. The van der Waals surface area contributed by atoms with E-state index >= 15 is 0 Å². The second kappa shape index (κ2) is 9.16. The number of halogens is 10. The molecule has 0 spiro atoms. The van der Waals surface area contributed by atoms with Gasteiger partial charge in [-0.05, 0) is 80.9 Å². The van der Waals surface area contributed by atoms with Crippen LogP contribution in [0.3, 0.4) is 0 Å². The van der Waals surface area contributed by atoms with Crippen LogP contribution in [0.2, 0.25) is 0 Å². The minimum absolute atomic E-state index is 0.681. The summed E-state index contributed by atoms with van der Waals surface area (Å²) >= 11 is 37.6. The third kappa shape index (κ3) is 4.63. The quantitative estimate of drug-likeness (QED) is 0.163. The Kier molecular flexibility index (Phi) is 8.98. The Morgan fingerprint density at radius 3 is 1.64 bits per heavy atom. The second-order valence-electron chi connectivity index (χ2n) is 4.94. The van der Waals surface area contributed by atoms with Gasteiger partial charge < -0.3 is 0 Å². The van der Waals surface area contributed by atoms with Crippen LogP contribution < -0.4 is 0 Å². The van der Waals surface area contributed by atoms with Crippen molar-refractivity contribution in [3.63, 3.8) is 0 Å². The van der Waals surface area contributed by atoms with Gasteiger partial charge in [0.2, 0.25) is 0 Å². The predicted octanol–water partition coefficient (Wildman–Crippen LogP) is 10.8. The molecule has 0 aliphatic heterocycles. The zero-order valence-corrected chi connectivity index (χ0v) is 27.6. The molecule has 2 rings (SSSR count). The molecule has 0 radical (unpaired) electrons. The van der Waals surface area contributed by atoms with Gasteiger partial charge in [-0.15, -0.1) is 0 Å². The van der Waals surface area contributed by atoms with Gasteiger partial charge in [0.05, 0.1) is 0 Å². The standard InChI is InChI=1S/C15H6Br10/c16-9-6-8(10(17)12(19)11(9)18)13(20,15(23,24)25)14(21,22)7-4-2-1-3-5-7/h1-6H. The molecule has 0 amide bonds. The first-order valence-corrected chi connectivity index (χ1v) is 14.3. The minimum Gasteiger partial charge on any atom is -0.0737 e. The van der Waals surface area contributed by atoms with Crippen LogP contribution in [0.25, 0.3) is 0 Å². The lowest BCUT2D eigenvalue weighted by Gasteiger charge is -2.46. The maximum absolute atomic E-state index is 3.99. The highest BCUT2D eigenvalue weighted by Crippen LogP contribution is 2.69. The molecule has 25 heavy (non-hydrogen) atoms. The van der Waals surface area contributed by atoms with Gasteiger partial charge in [0, 0.05) is 17.9 Å². The minimum atomic E-state index is -0.737. The molecule has 0 N–H and O–H groups in total. The van der Waals surface area contributed by atoms with Crippen LogP contribution in [0.15, 0.2) is 54.3 Å². The molecule has 1 atom stereocenters. The number of hydrogen-bond donors (Lipinski definition) is 0. The van der Waals surface area contributed by atoms with E-state index in [1.807, 2.05) is 24.3 Å². The highest BCUT2D eigenvalue weighted by Gasteiger charge is 2.60. The SMILES string of the molecule is Brc1cc(C(Br)(C(Br)(Br)Br)C(Br)(Br)c2ccccc2)c(Br)c(Br)c1Br. The molecule has 2 aromatic carbocycles. The number of hydrogen-bond acceptors (Lipinski definition) is 0. The lowest BCUT2D eigenvalue weighted by molar-refractivity contribution is 0.643. The first-order chi connectivity index (χ1) is 11.4. The normalized spacial score (nSPS) is 15.1. The molecule has 0 aliphatic carbocycles. The highest BCUT2D eigenvalue weighted by molar-refractivity contribution is 9.40. The molecule has 0 aromatic heterocycles. The average Bonchev–Trinajstić information content (AvgIpc) is 2.55. The van der Waals surface area contributed by atoms with Crippen molar-refractivity contribution < 1.29 is 0 Å². The van der Waals surface area contributed by atoms with Crippen LogP contribution in [0.5, 0.6) is 0 Å². The molecular weight excluding hydrogens is 979 g/mol. The van der Waals surface area contributed by atoms with Crippen molar-refractivity contribution in [1.82, 2.24) is 0 Å². The molecule has 2 aromatic rings. The summed E-state index contributed by atoms with van der Waals surface area (Å²) in [6.45, 7) is 0. The van der Waals surface area contributed by atoms with Gasteiger partial charge in [-0.3, -0.25) is 0 Å². The fraction of sp³-hybridized carbons (Fsp3) is 0.200. The van der Waals surface area contributed by atoms with Crippen LogP contribution in [0, 0.1) is 0 Å². The molecule has 0 fully saturated rings. The lowest BCUT2D eigenvalue weighted by Crippen LogP contribution is -2.45. The summed E-state index contributed by atoms with van der Waals surface area (Å²) in [5.74, 6) is 0. The van der Waals surface area contributed by atoms with Crippen molar-refractivity contribution in [1.29, 1.82) is 0 Å². The Bertz CT molecular complexity index is 781. The Morgan fingerprint density at radius 2 is 1.16 bits per heavy atom. The maximum Gasteiger partial charge on any atom is 0.156 e. The summed E-state index contributed by atoms with van der Waals surface area (Å²) in [6.07, 6.45) is 0. The average molecular weight is 985 g/mol. The Balaban J connectivity index is 2.87. The molecule has 10 heteroatoms. The van der Waals surface area contributed by atoms with Crippen LogP contribution in [-0.2, 0) is 7.56 Å². The van der Waals surface area contributed by atoms with Crippen molar-refractivity contribution in [3.8, 4) is 0 Å². The van der Waals surface area contributed by atoms with E-state index in [1.165, 1.54) is 0 Å². The van der Waals surface area contributed by atoms with Crippen molar-refractivity contribution >= 4 is 159 Å². The smallest absolute Gasteiger partial charge is 0.0737 e. The van der Waals surface area contributed by atoms with Gasteiger partial charge in [0.25, 0.3) is 0 Å². The van der Waals surface area contributed by atoms with Crippen LogP contribution in [0.1, 0.15) is 11.1 Å². The van der Waals surface area contributed by atoms with E-state index in [0.717, 1.165) is 29.0 Å². The monoisotopic (exact) mass is 975 g/mol. The molecule has 0 aliphatic rings. The molecule has 1 unspecified atom stereocenters. The molecule has 136 valence electrons. The number of benzene rings is 2. The third-order valence-corrected chi connectivity index (χ3v) is 16.3. The van der Waals surface area contributed by atoms with E-state index in [4.69, 9.17) is 0 Å². The third-order valence-electron chi connectivity index (χ3n) is 3.43. The van der Waals surface area contributed by atoms with E-state index < -0.39 is 9.70 Å². The molecule has 0 heterocycles. The second-order valence-corrected chi connectivity index (χ2v) is 19.6. The van der Waals surface area contributed by atoms with Gasteiger partial charge in [-0.2, -0.15) is 0 Å². The zero-order chi connectivity index (χ0) is 19.2. The van der Waals surface area contributed by atoms with Crippen LogP contribution in [0.4, 0.5) is 0 Å². The van der Waals surface area contributed by atoms with E-state index in [-0.39, 0.29) is 0 Å². The van der Waals surface area contributed by atoms with Crippen LogP contribution >= 0.6 is 159 Å². The van der Waals surface area contributed by atoms with Gasteiger partial charge in [-0.25, -0.2) is 0 Å². The van der Waals surface area contributed by atoms with Crippen molar-refractivity contribution in [2.75, 3.05) is 0 Å². The van der Waals surface area contributed by atoms with Crippen LogP contribution in [-0.4, -0.2) is 2.14 Å². The van der Waals surface area contributed by atoms with E-state index in [1.54, 1.807) is 0 Å². The molecule has 0 bridgehead atoms. The fourth-order valence-corrected chi connectivity index (χ4v) is 9.97. The summed E-state index contributed by atoms with van der Waals surface area (Å²) in [5.41, 5.74) is 2.01. The summed E-state index contributed by atoms with van der Waals surface area (Å²) < 4.78 is 1.53. The van der Waals surface area contributed by atoms with Crippen molar-refractivity contribution in [3.05, 3.63) is 65.4 Å². The molecule has 0 nitrogen and oxygen atoms in total. The van der Waals surface area contributed by atoms with Gasteiger partial charge >= 0.3 is 0 Å². The largest absolute Gasteiger partial charge is 0.156 e. The van der Waals surface area contributed by atoms with Gasteiger partial charge in [0.15, 0.2) is 2.14 Å². The maximum atomic E-state index is 3.99. The lowest BCUT2D eigenvalue weighted by atomic mass is 9.93. The van der Waals surface area contributed by atoms with E-state index in [9.17, 15) is 0 Å². The number of rotatable bonds is 3. The van der Waals surface area contributed by atoms with E-state index in [0.29, 0.717) is 0 Å². The predicted molar refractivity (Wildman–Crippen MR) is 143 cm³/mol. The summed E-state index contributed by atoms with van der Waals surface area (Å²) in [7, 11) is 0. The molecule has 0 saturated carbocycles. The van der Waals surface area contributed by atoms with Gasteiger partial charge in [-0.1, -0.05) is 126 Å². The first kappa shape index (κ1) is 24.5. The summed E-state index contributed by atoms with van der Waals surface area (Å²) in [4.78, 5) is 0. The van der Waals surface area contributed by atoms with Crippen molar-refractivity contribution in [2.24, 2.45) is 0 Å². The van der Waals surface area contributed by atoms with Gasteiger partial charge in [0.1, 0.15) is 7.56 Å². The highest BCUT2D eigenvalue weighted by atomic mass is 80.0. The summed E-state index contributed by atoms with van der Waals surface area (Å²) in [5, 5.41) is 0.